The molecule has 1 saturated heterocycles. The van der Waals surface area contributed by atoms with Crippen LogP contribution in [0, 0.1) is 11.3 Å². The Balaban J connectivity index is 1.92. The number of nitrogens with zero attached hydrogens (tertiary/aromatic N) is 1. The molecule has 19 heavy (non-hydrogen) atoms. The van der Waals surface area contributed by atoms with Crippen LogP contribution in [0.15, 0.2) is 0 Å². The lowest BCUT2D eigenvalue weighted by Gasteiger charge is -2.39. The van der Waals surface area contributed by atoms with Crippen molar-refractivity contribution in [1.82, 2.24) is 4.90 Å². The third-order valence-corrected chi connectivity index (χ3v) is 4.85. The summed E-state index contributed by atoms with van der Waals surface area (Å²) in [5.74, 6) is 0.695. The lowest BCUT2D eigenvalue weighted by molar-refractivity contribution is -0.120. The molecular weight excluding hydrogens is 238 g/mol. The molecule has 3 unspecified atom stereocenters. The predicted molar refractivity (Wildman–Crippen MR) is 77.2 cm³/mol. The van der Waals surface area contributed by atoms with E-state index < -0.39 is 0 Å². The summed E-state index contributed by atoms with van der Waals surface area (Å²) in [6.07, 6.45) is 8.65. The third kappa shape index (κ3) is 4.03. The van der Waals surface area contributed by atoms with E-state index in [0.29, 0.717) is 12.0 Å². The molecular formula is C16H29NO2. The molecule has 0 radical (unpaired) electrons. The maximum absolute atomic E-state index is 11.7. The zero-order valence-corrected chi connectivity index (χ0v) is 12.6. The fourth-order valence-corrected chi connectivity index (χ4v) is 3.82. The van der Waals surface area contributed by atoms with E-state index in [2.05, 4.69) is 18.7 Å². The molecule has 1 heterocycles. The Morgan fingerprint density at radius 2 is 2.21 bits per heavy atom. The fraction of sp³-hybridized carbons (Fsp3) is 0.938. The van der Waals surface area contributed by atoms with Gasteiger partial charge in [-0.15, -0.1) is 0 Å². The number of rotatable bonds is 6. The molecule has 3 heteroatoms. The second-order valence-electron chi connectivity index (χ2n) is 6.64. The van der Waals surface area contributed by atoms with Crippen molar-refractivity contribution < 1.29 is 9.53 Å². The van der Waals surface area contributed by atoms with Crippen LogP contribution in [0.2, 0.25) is 0 Å². The van der Waals surface area contributed by atoms with Crippen molar-refractivity contribution >= 4 is 6.29 Å². The van der Waals surface area contributed by atoms with Gasteiger partial charge in [-0.2, -0.15) is 0 Å². The number of ether oxygens (including phenoxy) is 1. The van der Waals surface area contributed by atoms with Crippen LogP contribution in [-0.2, 0) is 9.53 Å². The molecule has 1 aliphatic heterocycles. The highest BCUT2D eigenvalue weighted by atomic mass is 16.5. The fourth-order valence-electron chi connectivity index (χ4n) is 3.82. The minimum absolute atomic E-state index is 0.0910. The van der Waals surface area contributed by atoms with Crippen LogP contribution in [0.3, 0.4) is 0 Å². The van der Waals surface area contributed by atoms with Crippen molar-refractivity contribution in [2.24, 2.45) is 11.3 Å². The molecule has 110 valence electrons. The van der Waals surface area contributed by atoms with Crippen molar-refractivity contribution in [3.63, 3.8) is 0 Å². The van der Waals surface area contributed by atoms with Crippen molar-refractivity contribution in [3.8, 4) is 0 Å². The van der Waals surface area contributed by atoms with Crippen LogP contribution in [0.5, 0.6) is 0 Å². The van der Waals surface area contributed by atoms with Gasteiger partial charge in [0.25, 0.3) is 0 Å². The highest BCUT2D eigenvalue weighted by Crippen LogP contribution is 2.38. The van der Waals surface area contributed by atoms with E-state index in [1.54, 1.807) is 0 Å². The predicted octanol–water partition coefficient (Wildman–Crippen LogP) is 2.88. The van der Waals surface area contributed by atoms with Gasteiger partial charge in [0.2, 0.25) is 0 Å². The summed E-state index contributed by atoms with van der Waals surface area (Å²) in [6.45, 7) is 8.34. The van der Waals surface area contributed by atoms with Gasteiger partial charge in [-0.25, -0.2) is 0 Å². The van der Waals surface area contributed by atoms with Crippen LogP contribution in [0.4, 0.5) is 0 Å². The van der Waals surface area contributed by atoms with E-state index in [9.17, 15) is 4.79 Å². The summed E-state index contributed by atoms with van der Waals surface area (Å²) in [7, 11) is 0. The highest BCUT2D eigenvalue weighted by Gasteiger charge is 2.36. The second-order valence-corrected chi connectivity index (χ2v) is 6.64. The van der Waals surface area contributed by atoms with E-state index in [1.807, 2.05) is 0 Å². The van der Waals surface area contributed by atoms with Crippen molar-refractivity contribution in [1.29, 1.82) is 0 Å². The molecule has 0 bridgehead atoms. The molecule has 2 aliphatic rings. The third-order valence-electron chi connectivity index (χ3n) is 4.85. The van der Waals surface area contributed by atoms with Gasteiger partial charge < -0.3 is 14.4 Å². The van der Waals surface area contributed by atoms with E-state index in [1.165, 1.54) is 32.0 Å². The lowest BCUT2D eigenvalue weighted by atomic mass is 9.70. The molecule has 2 rings (SSSR count). The van der Waals surface area contributed by atoms with Gasteiger partial charge in [-0.3, -0.25) is 0 Å². The molecule has 0 aromatic carbocycles. The monoisotopic (exact) mass is 267 g/mol. The standard InChI is InChI=1S/C16H29NO2/c1-3-17(11-15-7-5-9-19-15)12-16(13-18)8-4-6-14(2)10-16/h13-15H,3-12H2,1-2H3. The average Bonchev–Trinajstić information content (AvgIpc) is 2.91. The van der Waals surface area contributed by atoms with Gasteiger partial charge in [-0.1, -0.05) is 26.7 Å². The van der Waals surface area contributed by atoms with E-state index >= 15 is 0 Å². The Bertz CT molecular complexity index is 288. The summed E-state index contributed by atoms with van der Waals surface area (Å²) in [4.78, 5) is 14.1. The summed E-state index contributed by atoms with van der Waals surface area (Å²) < 4.78 is 5.73. The van der Waals surface area contributed by atoms with Gasteiger partial charge in [0, 0.05) is 25.1 Å². The van der Waals surface area contributed by atoms with E-state index in [-0.39, 0.29) is 5.41 Å². The minimum atomic E-state index is -0.0910. The largest absolute Gasteiger partial charge is 0.377 e. The SMILES string of the molecule is CCN(CC1CCCO1)CC1(C=O)CCCC(C)C1. The summed E-state index contributed by atoms with van der Waals surface area (Å²) in [5.41, 5.74) is -0.0910. The normalized spacial score (nSPS) is 35.7. The molecule has 0 aromatic heterocycles. The topological polar surface area (TPSA) is 29.5 Å². The van der Waals surface area contributed by atoms with E-state index in [4.69, 9.17) is 4.74 Å². The molecule has 0 amide bonds. The number of carbonyl (C=O) groups excluding carboxylic acids is 1. The quantitative estimate of drug-likeness (QED) is 0.693. The van der Waals surface area contributed by atoms with Crippen LogP contribution in [-0.4, -0.2) is 43.5 Å². The molecule has 0 spiro atoms. The first-order valence-electron chi connectivity index (χ1n) is 7.98. The van der Waals surface area contributed by atoms with Gasteiger partial charge in [0.1, 0.15) is 6.29 Å². The summed E-state index contributed by atoms with van der Waals surface area (Å²) in [5, 5.41) is 0. The molecule has 2 fully saturated rings. The van der Waals surface area contributed by atoms with Crippen LogP contribution < -0.4 is 0 Å². The summed E-state index contributed by atoms with van der Waals surface area (Å²) in [6, 6.07) is 0. The van der Waals surface area contributed by atoms with Gasteiger partial charge in [-0.05, 0) is 38.1 Å². The Morgan fingerprint density at radius 1 is 1.37 bits per heavy atom. The molecule has 0 aromatic rings. The number of hydrogen-bond donors (Lipinski definition) is 0. The molecule has 0 N–H and O–H groups in total. The van der Waals surface area contributed by atoms with Crippen LogP contribution >= 0.6 is 0 Å². The maximum atomic E-state index is 11.7. The molecule has 1 aliphatic carbocycles. The van der Waals surface area contributed by atoms with Gasteiger partial charge in [0.15, 0.2) is 0 Å². The maximum Gasteiger partial charge on any atom is 0.127 e. The van der Waals surface area contributed by atoms with Crippen LogP contribution in [0.1, 0.15) is 52.4 Å². The zero-order chi connectivity index (χ0) is 13.7. The Hall–Kier alpha value is -0.410. The summed E-state index contributed by atoms with van der Waals surface area (Å²) >= 11 is 0. The molecule has 1 saturated carbocycles. The number of carbonyl (C=O) groups is 1. The van der Waals surface area contributed by atoms with Gasteiger partial charge >= 0.3 is 0 Å². The first kappa shape index (κ1) is 15.0. The van der Waals surface area contributed by atoms with Crippen molar-refractivity contribution in [2.45, 2.75) is 58.5 Å². The van der Waals surface area contributed by atoms with Crippen molar-refractivity contribution in [2.75, 3.05) is 26.2 Å². The van der Waals surface area contributed by atoms with E-state index in [0.717, 1.165) is 39.1 Å². The highest BCUT2D eigenvalue weighted by molar-refractivity contribution is 5.60. The van der Waals surface area contributed by atoms with Gasteiger partial charge in [0.05, 0.1) is 6.10 Å². The number of likely N-dealkylation sites (N-methyl/N-ethyl adjacent to an activating group) is 1. The first-order valence-corrected chi connectivity index (χ1v) is 7.98. The lowest BCUT2D eigenvalue weighted by Crippen LogP contribution is -2.44. The minimum Gasteiger partial charge on any atom is -0.377 e. The smallest absolute Gasteiger partial charge is 0.127 e. The zero-order valence-electron chi connectivity index (χ0n) is 12.6. The van der Waals surface area contributed by atoms with Crippen LogP contribution in [0.25, 0.3) is 0 Å². The molecule has 3 nitrogen and oxygen atoms in total. The Morgan fingerprint density at radius 3 is 2.79 bits per heavy atom. The molecule has 3 atom stereocenters. The Labute approximate surface area is 117 Å². The first-order chi connectivity index (χ1) is 9.17. The number of hydrogen-bond acceptors (Lipinski definition) is 3. The Kier molecular flexibility index (Phi) is 5.40. The average molecular weight is 267 g/mol. The second kappa shape index (κ2) is 6.85. The van der Waals surface area contributed by atoms with Crippen molar-refractivity contribution in [3.05, 3.63) is 0 Å². The number of aldehydes is 1.